The third-order valence-electron chi connectivity index (χ3n) is 2.91. The molecule has 25 heavy (non-hydrogen) atoms. The topological polar surface area (TPSA) is 70.2 Å². The number of hydrogen-bond donors (Lipinski definition) is 3. The van der Waals surface area contributed by atoms with Gasteiger partial charge in [0.15, 0.2) is 23.3 Å². The Bertz CT molecular complexity index is 811. The molecule has 0 bridgehead atoms. The number of rotatable bonds is 5. The predicted octanol–water partition coefficient (Wildman–Crippen LogP) is 2.63. The van der Waals surface area contributed by atoms with Crippen LogP contribution < -0.4 is 16.2 Å². The highest BCUT2D eigenvalue weighted by molar-refractivity contribution is 7.13. The van der Waals surface area contributed by atoms with Crippen molar-refractivity contribution in [2.24, 2.45) is 0 Å². The van der Waals surface area contributed by atoms with Gasteiger partial charge in [-0.2, -0.15) is 0 Å². The number of anilines is 1. The van der Waals surface area contributed by atoms with E-state index in [0.717, 1.165) is 4.88 Å². The summed E-state index contributed by atoms with van der Waals surface area (Å²) in [6.45, 7) is 1.19. The highest BCUT2D eigenvalue weighted by Gasteiger charge is 2.26. The van der Waals surface area contributed by atoms with Crippen LogP contribution in [0.4, 0.5) is 27.6 Å². The summed E-state index contributed by atoms with van der Waals surface area (Å²) < 4.78 is 65.7. The van der Waals surface area contributed by atoms with Crippen LogP contribution in [0.3, 0.4) is 0 Å². The molecule has 0 atom stereocenters. The van der Waals surface area contributed by atoms with Gasteiger partial charge >= 0.3 is 0 Å². The first-order valence-electron chi connectivity index (χ1n) is 6.63. The first-order valence-corrected chi connectivity index (χ1v) is 7.45. The van der Waals surface area contributed by atoms with Crippen LogP contribution >= 0.6 is 11.3 Å². The molecule has 1 heterocycles. The maximum Gasteiger partial charge on any atom is 0.261 e. The molecule has 2 rings (SSSR count). The summed E-state index contributed by atoms with van der Waals surface area (Å²) in [5.41, 5.74) is 1.93. The zero-order chi connectivity index (χ0) is 18.7. The van der Waals surface area contributed by atoms with E-state index >= 15 is 0 Å². The second-order valence-corrected chi connectivity index (χ2v) is 6.00. The standard InChI is InChI=1S/C14H10F5N3O2S/c1-5-2-3-6(25-5)14(24)20-4-7(23)21-22-13-11(18)9(16)8(15)10(17)12(13)19/h2-3,22H,4H2,1H3,(H,20,24)(H,21,23). The molecule has 0 radical (unpaired) electrons. The minimum absolute atomic E-state index is 0.345. The molecule has 0 unspecified atom stereocenters. The number of benzene rings is 1. The molecule has 0 aliphatic heterocycles. The van der Waals surface area contributed by atoms with Gasteiger partial charge in [-0.05, 0) is 19.1 Å². The molecule has 3 N–H and O–H groups in total. The average Bonchev–Trinajstić information content (AvgIpc) is 3.02. The van der Waals surface area contributed by atoms with Gasteiger partial charge in [0.25, 0.3) is 11.8 Å². The molecule has 5 nitrogen and oxygen atoms in total. The van der Waals surface area contributed by atoms with Crippen molar-refractivity contribution in [2.45, 2.75) is 6.92 Å². The number of hydrogen-bond acceptors (Lipinski definition) is 4. The molecule has 0 spiro atoms. The van der Waals surface area contributed by atoms with Crippen LogP contribution in [0.25, 0.3) is 0 Å². The van der Waals surface area contributed by atoms with Crippen molar-refractivity contribution in [3.63, 3.8) is 0 Å². The van der Waals surface area contributed by atoms with Crippen molar-refractivity contribution in [2.75, 3.05) is 12.0 Å². The van der Waals surface area contributed by atoms with Crippen molar-refractivity contribution in [1.82, 2.24) is 10.7 Å². The average molecular weight is 379 g/mol. The SMILES string of the molecule is Cc1ccc(C(=O)NCC(=O)NNc2c(F)c(F)c(F)c(F)c2F)s1. The molecular weight excluding hydrogens is 369 g/mol. The third-order valence-corrected chi connectivity index (χ3v) is 3.91. The van der Waals surface area contributed by atoms with Crippen LogP contribution in [-0.2, 0) is 4.79 Å². The van der Waals surface area contributed by atoms with Crippen LogP contribution in [0, 0.1) is 36.0 Å². The summed E-state index contributed by atoms with van der Waals surface area (Å²) in [5, 5.41) is 2.23. The largest absolute Gasteiger partial charge is 0.342 e. The lowest BCUT2D eigenvalue weighted by molar-refractivity contribution is -0.119. The predicted molar refractivity (Wildman–Crippen MR) is 79.4 cm³/mol. The molecule has 0 aliphatic rings. The van der Waals surface area contributed by atoms with Gasteiger partial charge in [-0.25, -0.2) is 22.0 Å². The number of halogens is 5. The van der Waals surface area contributed by atoms with Crippen molar-refractivity contribution in [1.29, 1.82) is 0 Å². The Morgan fingerprint density at radius 1 is 0.960 bits per heavy atom. The molecule has 0 fully saturated rings. The van der Waals surface area contributed by atoms with Crippen LogP contribution in [0.2, 0.25) is 0 Å². The van der Waals surface area contributed by atoms with Gasteiger partial charge in [-0.1, -0.05) is 0 Å². The normalized spacial score (nSPS) is 10.5. The Labute approximate surface area is 141 Å². The van der Waals surface area contributed by atoms with Gasteiger partial charge in [0.2, 0.25) is 5.82 Å². The first kappa shape index (κ1) is 18.6. The fourth-order valence-corrected chi connectivity index (χ4v) is 2.48. The van der Waals surface area contributed by atoms with Crippen LogP contribution in [0.1, 0.15) is 14.5 Å². The number of hydrazine groups is 1. The van der Waals surface area contributed by atoms with Crippen molar-refractivity contribution < 1.29 is 31.5 Å². The molecule has 0 saturated heterocycles. The van der Waals surface area contributed by atoms with Gasteiger partial charge in [0, 0.05) is 4.88 Å². The molecule has 1 aromatic carbocycles. The van der Waals surface area contributed by atoms with Gasteiger partial charge in [-0.15, -0.1) is 11.3 Å². The maximum atomic E-state index is 13.4. The lowest BCUT2D eigenvalue weighted by atomic mass is 10.2. The molecule has 0 aliphatic carbocycles. The highest BCUT2D eigenvalue weighted by atomic mass is 32.1. The van der Waals surface area contributed by atoms with Gasteiger partial charge in [0.1, 0.15) is 5.69 Å². The summed E-state index contributed by atoms with van der Waals surface area (Å²) in [7, 11) is 0. The van der Waals surface area contributed by atoms with Gasteiger partial charge in [0.05, 0.1) is 11.4 Å². The molecule has 1 aromatic heterocycles. The lowest BCUT2D eigenvalue weighted by Gasteiger charge is -2.12. The van der Waals surface area contributed by atoms with Crippen molar-refractivity contribution in [3.8, 4) is 0 Å². The molecule has 2 aromatic rings. The minimum atomic E-state index is -2.31. The zero-order valence-electron chi connectivity index (χ0n) is 12.5. The van der Waals surface area contributed by atoms with Crippen LogP contribution in [0.15, 0.2) is 12.1 Å². The number of nitrogens with one attached hydrogen (secondary N) is 3. The van der Waals surface area contributed by atoms with Crippen molar-refractivity contribution in [3.05, 3.63) is 51.0 Å². The van der Waals surface area contributed by atoms with E-state index < -0.39 is 53.1 Å². The number of thiophene rings is 1. The van der Waals surface area contributed by atoms with Gasteiger partial charge < -0.3 is 5.32 Å². The summed E-state index contributed by atoms with van der Waals surface area (Å²) in [6.07, 6.45) is 0. The Morgan fingerprint density at radius 2 is 1.52 bits per heavy atom. The fourth-order valence-electron chi connectivity index (χ4n) is 1.70. The fraction of sp³-hybridized carbons (Fsp3) is 0.143. The zero-order valence-corrected chi connectivity index (χ0v) is 13.3. The second-order valence-electron chi connectivity index (χ2n) is 4.71. The van der Waals surface area contributed by atoms with E-state index in [1.54, 1.807) is 29.9 Å². The molecule has 11 heteroatoms. The Morgan fingerprint density at radius 3 is 2.04 bits per heavy atom. The third kappa shape index (κ3) is 4.05. The Hall–Kier alpha value is -2.69. The van der Waals surface area contributed by atoms with Crippen LogP contribution in [-0.4, -0.2) is 18.4 Å². The summed E-state index contributed by atoms with van der Waals surface area (Å²) >= 11 is 1.19. The minimum Gasteiger partial charge on any atom is -0.342 e. The molecular formula is C14H10F5N3O2S. The van der Waals surface area contributed by atoms with E-state index in [-0.39, 0.29) is 0 Å². The first-order chi connectivity index (χ1) is 11.7. The van der Waals surface area contributed by atoms with Gasteiger partial charge in [-0.3, -0.25) is 20.4 Å². The number of aryl methyl sites for hydroxylation is 1. The number of carbonyl (C=O) groups is 2. The van der Waals surface area contributed by atoms with Crippen molar-refractivity contribution >= 4 is 28.8 Å². The summed E-state index contributed by atoms with van der Waals surface area (Å²) in [6, 6.07) is 3.24. The quantitative estimate of drug-likeness (QED) is 0.324. The van der Waals surface area contributed by atoms with E-state index in [1.165, 1.54) is 11.3 Å². The monoisotopic (exact) mass is 379 g/mol. The maximum absolute atomic E-state index is 13.4. The molecule has 0 saturated carbocycles. The Balaban J connectivity index is 1.96. The summed E-state index contributed by atoms with van der Waals surface area (Å²) in [5.74, 6) is -12.4. The van der Waals surface area contributed by atoms with E-state index in [0.29, 0.717) is 4.88 Å². The highest BCUT2D eigenvalue weighted by Crippen LogP contribution is 2.26. The summed E-state index contributed by atoms with van der Waals surface area (Å²) in [4.78, 5) is 24.5. The number of carbonyl (C=O) groups excluding carboxylic acids is 2. The van der Waals surface area contributed by atoms with Crippen LogP contribution in [0.5, 0.6) is 0 Å². The molecule has 134 valence electrons. The molecule has 2 amide bonds. The number of amides is 2. The second kappa shape index (κ2) is 7.47. The van der Waals surface area contributed by atoms with E-state index in [2.05, 4.69) is 5.32 Å². The van der Waals surface area contributed by atoms with E-state index in [1.807, 2.05) is 0 Å². The van der Waals surface area contributed by atoms with E-state index in [9.17, 15) is 31.5 Å². The lowest BCUT2D eigenvalue weighted by Crippen LogP contribution is -2.39. The smallest absolute Gasteiger partial charge is 0.261 e. The van der Waals surface area contributed by atoms with E-state index in [4.69, 9.17) is 0 Å². The Kier molecular flexibility index (Phi) is 5.57.